The van der Waals surface area contributed by atoms with Gasteiger partial charge in [-0.2, -0.15) is 0 Å². The van der Waals surface area contributed by atoms with Gasteiger partial charge in [0.25, 0.3) is 11.8 Å². The summed E-state index contributed by atoms with van der Waals surface area (Å²) < 4.78 is 18.3. The van der Waals surface area contributed by atoms with E-state index < -0.39 is 24.3 Å². The maximum atomic E-state index is 13.3. The number of carbonyl (C=O) groups is 3. The number of nitrogens with one attached hydrogen (secondary N) is 2. The first-order valence-electron chi connectivity index (χ1n) is 9.57. The van der Waals surface area contributed by atoms with E-state index in [-0.39, 0.29) is 17.5 Å². The average Bonchev–Trinajstić information content (AvgIpc) is 3.21. The monoisotopic (exact) mass is 398 g/mol. The van der Waals surface area contributed by atoms with E-state index in [1.807, 2.05) is 0 Å². The lowest BCUT2D eigenvalue weighted by Gasteiger charge is -2.15. The SMILES string of the molecule is Cc1ccc(F)cc1C(=O)OCC(=O)Nc1ccccc1C(=O)NC1CCCC1. The maximum absolute atomic E-state index is 13.3. The van der Waals surface area contributed by atoms with Crippen molar-refractivity contribution in [2.75, 3.05) is 11.9 Å². The predicted molar refractivity (Wildman–Crippen MR) is 106 cm³/mol. The molecule has 1 aliphatic carbocycles. The second-order valence-electron chi connectivity index (χ2n) is 7.08. The second-order valence-corrected chi connectivity index (χ2v) is 7.08. The van der Waals surface area contributed by atoms with E-state index in [9.17, 15) is 18.8 Å². The van der Waals surface area contributed by atoms with Crippen molar-refractivity contribution < 1.29 is 23.5 Å². The molecular formula is C22H23FN2O4. The molecule has 6 nitrogen and oxygen atoms in total. The van der Waals surface area contributed by atoms with Crippen LogP contribution in [0, 0.1) is 12.7 Å². The lowest BCUT2D eigenvalue weighted by Crippen LogP contribution is -2.33. The van der Waals surface area contributed by atoms with Crippen LogP contribution in [0.4, 0.5) is 10.1 Å². The molecule has 1 saturated carbocycles. The van der Waals surface area contributed by atoms with E-state index in [1.54, 1.807) is 31.2 Å². The topological polar surface area (TPSA) is 84.5 Å². The lowest BCUT2D eigenvalue weighted by molar-refractivity contribution is -0.119. The highest BCUT2D eigenvalue weighted by Crippen LogP contribution is 2.20. The third-order valence-electron chi connectivity index (χ3n) is 4.89. The fourth-order valence-corrected chi connectivity index (χ4v) is 3.33. The Morgan fingerprint density at radius 3 is 2.55 bits per heavy atom. The molecule has 0 spiro atoms. The van der Waals surface area contributed by atoms with E-state index >= 15 is 0 Å². The van der Waals surface area contributed by atoms with Crippen molar-refractivity contribution in [3.63, 3.8) is 0 Å². The van der Waals surface area contributed by atoms with E-state index in [4.69, 9.17) is 4.74 Å². The van der Waals surface area contributed by atoms with Crippen LogP contribution < -0.4 is 10.6 Å². The summed E-state index contributed by atoms with van der Waals surface area (Å²) in [5.74, 6) is -2.19. The Hall–Kier alpha value is -3.22. The standard InChI is InChI=1S/C22H23FN2O4/c1-14-10-11-15(23)12-18(14)22(28)29-13-20(26)25-19-9-5-4-8-17(19)21(27)24-16-6-2-3-7-16/h4-5,8-12,16H,2-3,6-7,13H2,1H3,(H,24,27)(H,25,26). The van der Waals surface area contributed by atoms with Crippen molar-refractivity contribution in [2.24, 2.45) is 0 Å². The summed E-state index contributed by atoms with van der Waals surface area (Å²) in [7, 11) is 0. The molecule has 2 amide bonds. The first kappa shape index (κ1) is 20.5. The zero-order chi connectivity index (χ0) is 20.8. The Morgan fingerprint density at radius 2 is 1.79 bits per heavy atom. The molecule has 1 fully saturated rings. The summed E-state index contributed by atoms with van der Waals surface area (Å²) in [6, 6.07) is 10.6. The van der Waals surface area contributed by atoms with Gasteiger partial charge in [-0.05, 0) is 49.6 Å². The minimum absolute atomic E-state index is 0.0640. The van der Waals surface area contributed by atoms with Gasteiger partial charge in [-0.15, -0.1) is 0 Å². The van der Waals surface area contributed by atoms with Crippen LogP contribution in [0.1, 0.15) is 52.0 Å². The van der Waals surface area contributed by atoms with Gasteiger partial charge >= 0.3 is 5.97 Å². The molecular weight excluding hydrogens is 375 g/mol. The molecule has 3 rings (SSSR count). The van der Waals surface area contributed by atoms with E-state index in [2.05, 4.69) is 10.6 Å². The number of rotatable bonds is 6. The highest BCUT2D eigenvalue weighted by Gasteiger charge is 2.20. The number of esters is 1. The van der Waals surface area contributed by atoms with Gasteiger partial charge < -0.3 is 15.4 Å². The largest absolute Gasteiger partial charge is 0.452 e. The molecule has 29 heavy (non-hydrogen) atoms. The molecule has 0 saturated heterocycles. The number of ether oxygens (including phenoxy) is 1. The summed E-state index contributed by atoms with van der Waals surface area (Å²) in [5.41, 5.74) is 1.30. The Bertz CT molecular complexity index is 923. The minimum atomic E-state index is -0.788. The highest BCUT2D eigenvalue weighted by atomic mass is 19.1. The summed E-state index contributed by atoms with van der Waals surface area (Å²) in [6.45, 7) is 1.10. The van der Waals surface area contributed by atoms with E-state index in [1.165, 1.54) is 12.1 Å². The molecule has 0 bridgehead atoms. The zero-order valence-electron chi connectivity index (χ0n) is 16.2. The van der Waals surface area contributed by atoms with Gasteiger partial charge in [-0.25, -0.2) is 9.18 Å². The Kier molecular flexibility index (Phi) is 6.59. The van der Waals surface area contributed by atoms with Crippen LogP contribution in [0.5, 0.6) is 0 Å². The number of halogens is 1. The van der Waals surface area contributed by atoms with Crippen LogP contribution in [0.15, 0.2) is 42.5 Å². The van der Waals surface area contributed by atoms with Gasteiger partial charge in [-0.1, -0.05) is 31.0 Å². The maximum Gasteiger partial charge on any atom is 0.339 e. The molecule has 0 radical (unpaired) electrons. The van der Waals surface area contributed by atoms with Crippen molar-refractivity contribution in [3.8, 4) is 0 Å². The number of anilines is 1. The number of hydrogen-bond donors (Lipinski definition) is 2. The normalized spacial score (nSPS) is 13.7. The third kappa shape index (κ3) is 5.40. The second kappa shape index (κ2) is 9.32. The minimum Gasteiger partial charge on any atom is -0.452 e. The average molecular weight is 398 g/mol. The number of amides is 2. The van der Waals surface area contributed by atoms with Crippen molar-refractivity contribution in [2.45, 2.75) is 38.6 Å². The first-order valence-corrected chi connectivity index (χ1v) is 9.57. The van der Waals surface area contributed by atoms with Gasteiger partial charge in [0.1, 0.15) is 5.82 Å². The molecule has 7 heteroatoms. The molecule has 0 unspecified atom stereocenters. The van der Waals surface area contributed by atoms with Crippen LogP contribution in [0.3, 0.4) is 0 Å². The molecule has 0 heterocycles. The summed E-state index contributed by atoms with van der Waals surface area (Å²) >= 11 is 0. The lowest BCUT2D eigenvalue weighted by atomic mass is 10.1. The smallest absolute Gasteiger partial charge is 0.339 e. The fraction of sp³-hybridized carbons (Fsp3) is 0.318. The van der Waals surface area contributed by atoms with E-state index in [0.29, 0.717) is 16.8 Å². The summed E-state index contributed by atoms with van der Waals surface area (Å²) in [4.78, 5) is 36.9. The Morgan fingerprint density at radius 1 is 1.07 bits per heavy atom. The molecule has 152 valence electrons. The molecule has 0 aromatic heterocycles. The Labute approximate surface area is 168 Å². The molecule has 0 aliphatic heterocycles. The van der Waals surface area contributed by atoms with Gasteiger partial charge in [0.05, 0.1) is 16.8 Å². The van der Waals surface area contributed by atoms with Gasteiger partial charge in [0.15, 0.2) is 6.61 Å². The van der Waals surface area contributed by atoms with Gasteiger partial charge in [-0.3, -0.25) is 9.59 Å². The predicted octanol–water partition coefficient (Wildman–Crippen LogP) is 3.60. The Balaban J connectivity index is 1.60. The van der Waals surface area contributed by atoms with Crippen molar-refractivity contribution in [1.29, 1.82) is 0 Å². The van der Waals surface area contributed by atoms with Crippen LogP contribution in [-0.2, 0) is 9.53 Å². The van der Waals surface area contributed by atoms with Crippen molar-refractivity contribution in [3.05, 3.63) is 65.0 Å². The van der Waals surface area contributed by atoms with Crippen LogP contribution in [0.25, 0.3) is 0 Å². The van der Waals surface area contributed by atoms with Crippen LogP contribution in [-0.4, -0.2) is 30.4 Å². The molecule has 0 atom stereocenters. The van der Waals surface area contributed by atoms with E-state index in [0.717, 1.165) is 31.7 Å². The third-order valence-corrected chi connectivity index (χ3v) is 4.89. The van der Waals surface area contributed by atoms with Gasteiger partial charge in [0, 0.05) is 6.04 Å². The fourth-order valence-electron chi connectivity index (χ4n) is 3.33. The zero-order valence-corrected chi connectivity index (χ0v) is 16.2. The van der Waals surface area contributed by atoms with Crippen molar-refractivity contribution >= 4 is 23.5 Å². The number of benzene rings is 2. The quantitative estimate of drug-likeness (QED) is 0.728. The summed E-state index contributed by atoms with van der Waals surface area (Å²) in [6.07, 6.45) is 4.10. The van der Waals surface area contributed by atoms with Crippen LogP contribution in [0.2, 0.25) is 0 Å². The highest BCUT2D eigenvalue weighted by molar-refractivity contribution is 6.04. The number of aryl methyl sites for hydroxylation is 1. The summed E-state index contributed by atoms with van der Waals surface area (Å²) in [5, 5.41) is 5.58. The van der Waals surface area contributed by atoms with Crippen molar-refractivity contribution in [1.82, 2.24) is 5.32 Å². The number of carbonyl (C=O) groups excluding carboxylic acids is 3. The molecule has 2 aromatic rings. The van der Waals surface area contributed by atoms with Gasteiger partial charge in [0.2, 0.25) is 0 Å². The number of para-hydroxylation sites is 1. The molecule has 1 aliphatic rings. The first-order chi connectivity index (χ1) is 13.9. The number of hydrogen-bond acceptors (Lipinski definition) is 4. The molecule has 2 aromatic carbocycles. The molecule has 2 N–H and O–H groups in total. The van der Waals surface area contributed by atoms with Crippen LogP contribution >= 0.6 is 0 Å².